The molecule has 88 valence electrons. The fraction of sp³-hybridized carbons (Fsp3) is 0.417. The molecular formula is C12H16O4. The molecule has 16 heavy (non-hydrogen) atoms. The van der Waals surface area contributed by atoms with Crippen LogP contribution >= 0.6 is 0 Å². The second-order valence-corrected chi connectivity index (χ2v) is 3.39. The van der Waals surface area contributed by atoms with Crippen LogP contribution in [0.5, 0.6) is 11.5 Å². The molecule has 0 saturated carbocycles. The number of ether oxygens (including phenoxy) is 3. The van der Waals surface area contributed by atoms with Gasteiger partial charge in [0.25, 0.3) is 0 Å². The smallest absolute Gasteiger partial charge is 0.302 e. The Kier molecular flexibility index (Phi) is 4.17. The van der Waals surface area contributed by atoms with Crippen LogP contribution in [0.1, 0.15) is 18.1 Å². The number of hydrogen-bond donors (Lipinski definition) is 0. The molecule has 4 heteroatoms. The lowest BCUT2D eigenvalue weighted by molar-refractivity contribution is -0.142. The molecule has 0 radical (unpaired) electrons. The van der Waals surface area contributed by atoms with Gasteiger partial charge in [-0.1, -0.05) is 0 Å². The van der Waals surface area contributed by atoms with Crippen LogP contribution < -0.4 is 9.47 Å². The maximum Gasteiger partial charge on any atom is 0.302 e. The highest BCUT2D eigenvalue weighted by Gasteiger charge is 2.09. The van der Waals surface area contributed by atoms with Gasteiger partial charge in [0.2, 0.25) is 0 Å². The minimum absolute atomic E-state index is 0.231. The molecule has 0 amide bonds. The van der Waals surface area contributed by atoms with Crippen LogP contribution in [-0.2, 0) is 16.1 Å². The van der Waals surface area contributed by atoms with Crippen molar-refractivity contribution in [1.82, 2.24) is 0 Å². The largest absolute Gasteiger partial charge is 0.497 e. The van der Waals surface area contributed by atoms with Crippen molar-refractivity contribution in [2.75, 3.05) is 14.2 Å². The van der Waals surface area contributed by atoms with E-state index in [9.17, 15) is 4.79 Å². The zero-order valence-corrected chi connectivity index (χ0v) is 9.99. The number of esters is 1. The molecule has 0 atom stereocenters. The summed E-state index contributed by atoms with van der Waals surface area (Å²) in [5.74, 6) is 1.10. The summed E-state index contributed by atoms with van der Waals surface area (Å²) >= 11 is 0. The molecule has 1 aromatic rings. The van der Waals surface area contributed by atoms with Crippen molar-refractivity contribution < 1.29 is 19.0 Å². The Labute approximate surface area is 95.1 Å². The third-order valence-electron chi connectivity index (χ3n) is 2.33. The maximum absolute atomic E-state index is 10.8. The van der Waals surface area contributed by atoms with E-state index >= 15 is 0 Å². The first kappa shape index (κ1) is 12.4. The van der Waals surface area contributed by atoms with Crippen LogP contribution in [0.25, 0.3) is 0 Å². The Bertz CT molecular complexity index is 385. The Morgan fingerprint density at radius 1 is 1.25 bits per heavy atom. The molecule has 0 fully saturated rings. The van der Waals surface area contributed by atoms with E-state index in [0.717, 1.165) is 16.9 Å². The molecular weight excluding hydrogens is 208 g/mol. The molecule has 0 N–H and O–H groups in total. The standard InChI is InChI=1S/C12H16O4/c1-8-10(7-16-9(2)13)5-11(14-3)6-12(8)15-4/h5-6H,7H2,1-4H3. The Morgan fingerprint density at radius 3 is 2.44 bits per heavy atom. The Morgan fingerprint density at radius 2 is 1.94 bits per heavy atom. The summed E-state index contributed by atoms with van der Waals surface area (Å²) in [6.45, 7) is 3.53. The summed E-state index contributed by atoms with van der Waals surface area (Å²) in [4.78, 5) is 10.8. The van der Waals surface area contributed by atoms with E-state index in [1.165, 1.54) is 6.92 Å². The highest BCUT2D eigenvalue weighted by atomic mass is 16.5. The summed E-state index contributed by atoms with van der Waals surface area (Å²) in [5, 5.41) is 0. The molecule has 0 aliphatic heterocycles. The fourth-order valence-corrected chi connectivity index (χ4v) is 1.38. The zero-order chi connectivity index (χ0) is 12.1. The van der Waals surface area contributed by atoms with Crippen molar-refractivity contribution in [3.05, 3.63) is 23.3 Å². The molecule has 0 heterocycles. The number of rotatable bonds is 4. The number of carbonyl (C=O) groups excluding carboxylic acids is 1. The van der Waals surface area contributed by atoms with Gasteiger partial charge >= 0.3 is 5.97 Å². The van der Waals surface area contributed by atoms with Gasteiger partial charge < -0.3 is 14.2 Å². The molecule has 4 nitrogen and oxygen atoms in total. The monoisotopic (exact) mass is 224 g/mol. The molecule has 0 saturated heterocycles. The van der Waals surface area contributed by atoms with E-state index in [0.29, 0.717) is 5.75 Å². The van der Waals surface area contributed by atoms with Gasteiger partial charge in [0.15, 0.2) is 0 Å². The van der Waals surface area contributed by atoms with Gasteiger partial charge in [-0.3, -0.25) is 4.79 Å². The number of carbonyl (C=O) groups is 1. The van der Waals surface area contributed by atoms with Gasteiger partial charge in [-0.15, -0.1) is 0 Å². The fourth-order valence-electron chi connectivity index (χ4n) is 1.38. The van der Waals surface area contributed by atoms with Gasteiger partial charge in [-0.2, -0.15) is 0 Å². The van der Waals surface area contributed by atoms with E-state index < -0.39 is 0 Å². The molecule has 0 aliphatic rings. The molecule has 1 aromatic carbocycles. The maximum atomic E-state index is 10.8. The third kappa shape index (κ3) is 2.89. The van der Waals surface area contributed by atoms with E-state index in [2.05, 4.69) is 0 Å². The van der Waals surface area contributed by atoms with Crippen molar-refractivity contribution in [1.29, 1.82) is 0 Å². The van der Waals surface area contributed by atoms with Crippen LogP contribution in [0.4, 0.5) is 0 Å². The van der Waals surface area contributed by atoms with Crippen molar-refractivity contribution in [2.24, 2.45) is 0 Å². The van der Waals surface area contributed by atoms with Crippen LogP contribution in [0.15, 0.2) is 12.1 Å². The van der Waals surface area contributed by atoms with Crippen molar-refractivity contribution in [3.63, 3.8) is 0 Å². The molecule has 0 aliphatic carbocycles. The Balaban J connectivity index is 3.01. The van der Waals surface area contributed by atoms with E-state index in [1.807, 2.05) is 13.0 Å². The number of methoxy groups -OCH3 is 2. The van der Waals surface area contributed by atoms with Gasteiger partial charge in [0.05, 0.1) is 14.2 Å². The highest BCUT2D eigenvalue weighted by Crippen LogP contribution is 2.28. The first-order valence-electron chi connectivity index (χ1n) is 4.93. The summed E-state index contributed by atoms with van der Waals surface area (Å²) in [5.41, 5.74) is 1.83. The van der Waals surface area contributed by atoms with Gasteiger partial charge in [-0.05, 0) is 24.1 Å². The zero-order valence-electron chi connectivity index (χ0n) is 9.99. The van der Waals surface area contributed by atoms with Crippen LogP contribution in [0.3, 0.4) is 0 Å². The SMILES string of the molecule is COc1cc(COC(C)=O)c(C)c(OC)c1. The van der Waals surface area contributed by atoms with Crippen molar-refractivity contribution >= 4 is 5.97 Å². The van der Waals surface area contributed by atoms with E-state index in [4.69, 9.17) is 14.2 Å². The molecule has 0 bridgehead atoms. The third-order valence-corrected chi connectivity index (χ3v) is 2.33. The van der Waals surface area contributed by atoms with Crippen LogP contribution in [0, 0.1) is 6.92 Å². The number of hydrogen-bond acceptors (Lipinski definition) is 4. The lowest BCUT2D eigenvalue weighted by Crippen LogP contribution is -2.02. The average Bonchev–Trinajstić information content (AvgIpc) is 2.27. The topological polar surface area (TPSA) is 44.8 Å². The summed E-state index contributed by atoms with van der Waals surface area (Å²) < 4.78 is 15.3. The van der Waals surface area contributed by atoms with Crippen LogP contribution in [0.2, 0.25) is 0 Å². The minimum Gasteiger partial charge on any atom is -0.497 e. The lowest BCUT2D eigenvalue weighted by Gasteiger charge is -2.12. The van der Waals surface area contributed by atoms with Crippen molar-refractivity contribution in [3.8, 4) is 11.5 Å². The van der Waals surface area contributed by atoms with Gasteiger partial charge in [-0.25, -0.2) is 0 Å². The molecule has 0 aromatic heterocycles. The highest BCUT2D eigenvalue weighted by molar-refractivity contribution is 5.66. The normalized spacial score (nSPS) is 9.75. The predicted octanol–water partition coefficient (Wildman–Crippen LogP) is 2.08. The van der Waals surface area contributed by atoms with Crippen molar-refractivity contribution in [2.45, 2.75) is 20.5 Å². The second-order valence-electron chi connectivity index (χ2n) is 3.39. The van der Waals surface area contributed by atoms with E-state index in [1.54, 1.807) is 20.3 Å². The lowest BCUT2D eigenvalue weighted by atomic mass is 10.1. The summed E-state index contributed by atoms with van der Waals surface area (Å²) in [6.07, 6.45) is 0. The van der Waals surface area contributed by atoms with Crippen LogP contribution in [-0.4, -0.2) is 20.2 Å². The summed E-state index contributed by atoms with van der Waals surface area (Å²) in [6, 6.07) is 3.63. The Hall–Kier alpha value is -1.71. The first-order valence-corrected chi connectivity index (χ1v) is 4.93. The predicted molar refractivity (Wildman–Crippen MR) is 59.8 cm³/mol. The van der Waals surface area contributed by atoms with Gasteiger partial charge in [0, 0.05) is 13.0 Å². The number of benzene rings is 1. The summed E-state index contributed by atoms with van der Waals surface area (Å²) in [7, 11) is 3.18. The quantitative estimate of drug-likeness (QED) is 0.734. The average molecular weight is 224 g/mol. The van der Waals surface area contributed by atoms with E-state index in [-0.39, 0.29) is 12.6 Å². The first-order chi connectivity index (χ1) is 7.58. The molecule has 1 rings (SSSR count). The minimum atomic E-state index is -0.304. The van der Waals surface area contributed by atoms with Gasteiger partial charge in [0.1, 0.15) is 18.1 Å². The second kappa shape index (κ2) is 5.39. The molecule has 0 unspecified atom stereocenters. The molecule has 0 spiro atoms.